The Bertz CT molecular complexity index is 587. The van der Waals surface area contributed by atoms with E-state index in [1.807, 2.05) is 27.0 Å². The van der Waals surface area contributed by atoms with Crippen molar-refractivity contribution in [3.05, 3.63) is 41.8 Å². The van der Waals surface area contributed by atoms with Crippen molar-refractivity contribution in [1.29, 1.82) is 0 Å². The van der Waals surface area contributed by atoms with E-state index in [0.717, 1.165) is 36.3 Å². The second-order valence-electron chi connectivity index (χ2n) is 6.44. The second kappa shape index (κ2) is 7.03. The van der Waals surface area contributed by atoms with Crippen LogP contribution in [0.4, 0.5) is 4.39 Å². The number of benzene rings is 1. The van der Waals surface area contributed by atoms with Crippen molar-refractivity contribution in [1.82, 2.24) is 15.1 Å². The summed E-state index contributed by atoms with van der Waals surface area (Å²) < 4.78 is 12.9. The number of H-pyrrole nitrogens is 1. The Morgan fingerprint density at radius 2 is 1.95 bits per heavy atom. The molecule has 0 fully saturated rings. The first-order valence-electron chi connectivity index (χ1n) is 7.55. The van der Waals surface area contributed by atoms with Gasteiger partial charge in [-0.1, -0.05) is 0 Å². The molecule has 2 N–H and O–H groups in total. The Morgan fingerprint density at radius 3 is 2.59 bits per heavy atom. The highest BCUT2D eigenvalue weighted by molar-refractivity contribution is 5.58. The minimum absolute atomic E-state index is 0.241. The first-order valence-corrected chi connectivity index (χ1v) is 7.55. The molecule has 120 valence electrons. The van der Waals surface area contributed by atoms with E-state index in [0.29, 0.717) is 6.54 Å². The fraction of sp³-hybridized carbons (Fsp3) is 0.471. The molecule has 0 aliphatic heterocycles. The van der Waals surface area contributed by atoms with Gasteiger partial charge in [-0.15, -0.1) is 0 Å². The van der Waals surface area contributed by atoms with Crippen molar-refractivity contribution in [3.8, 4) is 11.3 Å². The van der Waals surface area contributed by atoms with E-state index in [4.69, 9.17) is 0 Å². The van der Waals surface area contributed by atoms with Crippen LogP contribution in [0.3, 0.4) is 0 Å². The van der Waals surface area contributed by atoms with Crippen molar-refractivity contribution in [2.75, 3.05) is 20.1 Å². The Labute approximate surface area is 131 Å². The van der Waals surface area contributed by atoms with Crippen molar-refractivity contribution >= 4 is 0 Å². The summed E-state index contributed by atoms with van der Waals surface area (Å²) in [7, 11) is 2.01. The van der Waals surface area contributed by atoms with E-state index in [1.165, 1.54) is 12.1 Å². The average Bonchev–Trinajstić information content (AvgIpc) is 2.86. The molecule has 0 bridgehead atoms. The van der Waals surface area contributed by atoms with E-state index in [-0.39, 0.29) is 5.82 Å². The maximum Gasteiger partial charge on any atom is 0.123 e. The number of nitrogens with zero attached hydrogens (tertiary/aromatic N) is 2. The molecule has 22 heavy (non-hydrogen) atoms. The molecule has 1 aromatic heterocycles. The molecule has 2 rings (SSSR count). The van der Waals surface area contributed by atoms with Gasteiger partial charge in [-0.25, -0.2) is 4.39 Å². The fourth-order valence-corrected chi connectivity index (χ4v) is 2.54. The van der Waals surface area contributed by atoms with Crippen LogP contribution in [-0.4, -0.2) is 45.9 Å². The number of halogens is 1. The number of aliphatic hydroxyl groups is 1. The molecule has 5 heteroatoms. The van der Waals surface area contributed by atoms with E-state index in [9.17, 15) is 9.50 Å². The topological polar surface area (TPSA) is 52.2 Å². The quantitative estimate of drug-likeness (QED) is 0.827. The van der Waals surface area contributed by atoms with E-state index < -0.39 is 5.60 Å². The predicted molar refractivity (Wildman–Crippen MR) is 86.1 cm³/mol. The van der Waals surface area contributed by atoms with Gasteiger partial charge in [-0.3, -0.25) is 5.10 Å². The molecule has 2 aromatic rings. The van der Waals surface area contributed by atoms with Crippen LogP contribution in [0.5, 0.6) is 0 Å². The van der Waals surface area contributed by atoms with Crippen LogP contribution in [0.1, 0.15) is 26.0 Å². The summed E-state index contributed by atoms with van der Waals surface area (Å²) in [4.78, 5) is 2.12. The van der Waals surface area contributed by atoms with Crippen molar-refractivity contribution in [2.24, 2.45) is 0 Å². The molecule has 0 atom stereocenters. The molecule has 1 aromatic carbocycles. The molecule has 4 nitrogen and oxygen atoms in total. The number of aryl methyl sites for hydroxylation is 1. The first kappa shape index (κ1) is 16.6. The van der Waals surface area contributed by atoms with Gasteiger partial charge in [-0.05, 0) is 70.6 Å². The van der Waals surface area contributed by atoms with Gasteiger partial charge in [0.15, 0.2) is 0 Å². The van der Waals surface area contributed by atoms with Crippen LogP contribution in [0.25, 0.3) is 11.3 Å². The van der Waals surface area contributed by atoms with Gasteiger partial charge in [0.05, 0.1) is 11.3 Å². The molecule has 0 aliphatic rings. The van der Waals surface area contributed by atoms with Crippen molar-refractivity contribution < 1.29 is 9.50 Å². The lowest BCUT2D eigenvalue weighted by molar-refractivity contribution is 0.0444. The third kappa shape index (κ3) is 5.24. The number of likely N-dealkylation sites (N-methyl/N-ethyl adjacent to an activating group) is 1. The summed E-state index contributed by atoms with van der Waals surface area (Å²) in [6.07, 6.45) is 1.88. The largest absolute Gasteiger partial charge is 0.389 e. The van der Waals surface area contributed by atoms with Gasteiger partial charge >= 0.3 is 0 Å². The third-order valence-corrected chi connectivity index (χ3v) is 3.41. The molecule has 0 radical (unpaired) electrons. The maximum absolute atomic E-state index is 12.9. The van der Waals surface area contributed by atoms with Crippen LogP contribution in [0, 0.1) is 5.82 Å². The lowest BCUT2D eigenvalue weighted by atomic mass is 10.1. The normalized spacial score (nSPS) is 12.1. The summed E-state index contributed by atoms with van der Waals surface area (Å²) in [5, 5.41) is 17.1. The standard InChI is InChI=1S/C17H24FN3O/c1-17(2,22)12-21(3)10-4-5-15-11-16(20-19-15)13-6-8-14(18)9-7-13/h6-9,11,22H,4-5,10,12H2,1-3H3,(H,19,20). The summed E-state index contributed by atoms with van der Waals surface area (Å²) in [6, 6.07) is 8.34. The van der Waals surface area contributed by atoms with E-state index in [2.05, 4.69) is 15.1 Å². The molecule has 0 amide bonds. The average molecular weight is 305 g/mol. The predicted octanol–water partition coefficient (Wildman–Crippen LogP) is 2.85. The summed E-state index contributed by atoms with van der Waals surface area (Å²) in [5.41, 5.74) is 2.14. The van der Waals surface area contributed by atoms with Crippen LogP contribution >= 0.6 is 0 Å². The number of aromatic nitrogens is 2. The van der Waals surface area contributed by atoms with Crippen LogP contribution in [0.15, 0.2) is 30.3 Å². The highest BCUT2D eigenvalue weighted by Crippen LogP contribution is 2.18. The van der Waals surface area contributed by atoms with Crippen molar-refractivity contribution in [2.45, 2.75) is 32.3 Å². The van der Waals surface area contributed by atoms with Gasteiger partial charge in [0, 0.05) is 17.8 Å². The van der Waals surface area contributed by atoms with Gasteiger partial charge in [0.1, 0.15) is 5.82 Å². The highest BCUT2D eigenvalue weighted by atomic mass is 19.1. The second-order valence-corrected chi connectivity index (χ2v) is 6.44. The first-order chi connectivity index (χ1) is 10.3. The number of aromatic amines is 1. The summed E-state index contributed by atoms with van der Waals surface area (Å²) >= 11 is 0. The zero-order valence-corrected chi connectivity index (χ0v) is 13.4. The Kier molecular flexibility index (Phi) is 5.32. The van der Waals surface area contributed by atoms with Gasteiger partial charge in [0.2, 0.25) is 0 Å². The maximum atomic E-state index is 12.9. The highest BCUT2D eigenvalue weighted by Gasteiger charge is 2.15. The lowest BCUT2D eigenvalue weighted by Crippen LogP contribution is -2.36. The fourth-order valence-electron chi connectivity index (χ4n) is 2.54. The molecular weight excluding hydrogens is 281 g/mol. The zero-order chi connectivity index (χ0) is 16.2. The molecule has 0 spiro atoms. The van der Waals surface area contributed by atoms with Crippen LogP contribution in [0.2, 0.25) is 0 Å². The Morgan fingerprint density at radius 1 is 1.27 bits per heavy atom. The summed E-state index contributed by atoms with van der Waals surface area (Å²) in [5.74, 6) is -0.241. The number of hydrogen-bond acceptors (Lipinski definition) is 3. The van der Waals surface area contributed by atoms with Crippen LogP contribution in [-0.2, 0) is 6.42 Å². The van der Waals surface area contributed by atoms with Gasteiger partial charge in [-0.2, -0.15) is 5.10 Å². The van der Waals surface area contributed by atoms with Gasteiger partial charge < -0.3 is 10.0 Å². The monoisotopic (exact) mass is 305 g/mol. The van der Waals surface area contributed by atoms with Crippen LogP contribution < -0.4 is 0 Å². The number of nitrogens with one attached hydrogen (secondary N) is 1. The minimum atomic E-state index is -0.668. The molecule has 0 saturated carbocycles. The molecule has 0 unspecified atom stereocenters. The zero-order valence-electron chi connectivity index (χ0n) is 13.4. The summed E-state index contributed by atoms with van der Waals surface area (Å²) in [6.45, 7) is 5.19. The molecule has 0 saturated heterocycles. The smallest absolute Gasteiger partial charge is 0.123 e. The van der Waals surface area contributed by atoms with E-state index >= 15 is 0 Å². The van der Waals surface area contributed by atoms with Crippen molar-refractivity contribution in [3.63, 3.8) is 0 Å². The number of rotatable bonds is 7. The third-order valence-electron chi connectivity index (χ3n) is 3.41. The lowest BCUT2D eigenvalue weighted by Gasteiger charge is -2.25. The van der Waals surface area contributed by atoms with E-state index in [1.54, 1.807) is 12.1 Å². The Hall–Kier alpha value is -1.72. The molecular formula is C17H24FN3O. The molecule has 0 aliphatic carbocycles. The number of hydrogen-bond donors (Lipinski definition) is 2. The van der Waals surface area contributed by atoms with Gasteiger partial charge in [0.25, 0.3) is 0 Å². The minimum Gasteiger partial charge on any atom is -0.389 e. The molecule has 1 heterocycles. The Balaban J connectivity index is 1.84. The SMILES string of the molecule is CN(CCCc1cc(-c2ccc(F)cc2)n[nH]1)CC(C)(C)O.